The Morgan fingerprint density at radius 1 is 1.29 bits per heavy atom. The van der Waals surface area contributed by atoms with E-state index in [1.807, 2.05) is 6.92 Å². The van der Waals surface area contributed by atoms with E-state index < -0.39 is 17.7 Å². The molecule has 0 aliphatic rings. The lowest BCUT2D eigenvalue weighted by molar-refractivity contribution is 0.483. The first kappa shape index (κ1) is 16.5. The zero-order valence-corrected chi connectivity index (χ0v) is 14.7. The number of aryl methyl sites for hydroxylation is 1. The van der Waals surface area contributed by atoms with Gasteiger partial charge in [0.25, 0.3) is 0 Å². The van der Waals surface area contributed by atoms with Crippen molar-refractivity contribution in [3.05, 3.63) is 44.1 Å². The van der Waals surface area contributed by atoms with Crippen molar-refractivity contribution in [2.24, 2.45) is 7.05 Å². The third-order valence-corrected chi connectivity index (χ3v) is 4.05. The van der Waals surface area contributed by atoms with Gasteiger partial charge in [-0.25, -0.2) is 13.5 Å². The van der Waals surface area contributed by atoms with Crippen LogP contribution in [0.4, 0.5) is 8.78 Å². The second kappa shape index (κ2) is 6.93. The summed E-state index contributed by atoms with van der Waals surface area (Å²) in [7, 11) is 1.68. The van der Waals surface area contributed by atoms with Crippen LogP contribution in [0.5, 0.6) is 0 Å². The van der Waals surface area contributed by atoms with E-state index in [2.05, 4.69) is 47.5 Å². The monoisotopic (exact) mass is 422 g/mol. The molecule has 0 aliphatic carbocycles. The number of nitrogens with one attached hydrogen (secondary N) is 1. The Bertz CT molecular complexity index is 603. The second-order valence-corrected chi connectivity index (χ2v) is 6.23. The van der Waals surface area contributed by atoms with Crippen molar-refractivity contribution in [2.75, 3.05) is 6.54 Å². The van der Waals surface area contributed by atoms with Crippen LogP contribution >= 0.6 is 31.9 Å². The van der Waals surface area contributed by atoms with Gasteiger partial charge in [-0.1, -0.05) is 28.1 Å². The summed E-state index contributed by atoms with van der Waals surface area (Å²) in [6.45, 7) is 2.59. The quantitative estimate of drug-likeness (QED) is 0.797. The summed E-state index contributed by atoms with van der Waals surface area (Å²) in [5.74, 6) is -1.24. The molecule has 0 saturated carbocycles. The number of halogens is 4. The summed E-state index contributed by atoms with van der Waals surface area (Å²) in [6.07, 6.45) is 0.833. The summed E-state index contributed by atoms with van der Waals surface area (Å²) in [4.78, 5) is 0. The maximum absolute atomic E-state index is 14.3. The smallest absolute Gasteiger partial charge is 0.153 e. The van der Waals surface area contributed by atoms with E-state index >= 15 is 0 Å². The predicted octanol–water partition coefficient (Wildman–Crippen LogP) is 3.71. The van der Waals surface area contributed by atoms with Crippen LogP contribution in [0.3, 0.4) is 0 Å². The minimum atomic E-state index is -0.674. The zero-order valence-electron chi connectivity index (χ0n) is 11.5. The van der Waals surface area contributed by atoms with Gasteiger partial charge in [0, 0.05) is 17.1 Å². The molecule has 0 aliphatic heterocycles. The number of hydrogen-bond donors (Lipinski definition) is 1. The molecular weight excluding hydrogens is 410 g/mol. The van der Waals surface area contributed by atoms with E-state index in [1.54, 1.807) is 7.05 Å². The van der Waals surface area contributed by atoms with Gasteiger partial charge in [0.15, 0.2) is 4.60 Å². The number of hydrogen-bond acceptors (Lipinski definition) is 3. The van der Waals surface area contributed by atoms with Crippen molar-refractivity contribution in [1.82, 2.24) is 20.3 Å². The molecule has 1 heterocycles. The van der Waals surface area contributed by atoms with E-state index in [9.17, 15) is 8.78 Å². The highest BCUT2D eigenvalue weighted by Crippen LogP contribution is 2.31. The summed E-state index contributed by atoms with van der Waals surface area (Å²) >= 11 is 6.37. The van der Waals surface area contributed by atoms with Crippen molar-refractivity contribution >= 4 is 31.9 Å². The second-order valence-electron chi connectivity index (χ2n) is 4.56. The molecule has 0 saturated heterocycles. The van der Waals surface area contributed by atoms with Gasteiger partial charge in [-0.2, -0.15) is 0 Å². The molecule has 21 heavy (non-hydrogen) atoms. The van der Waals surface area contributed by atoms with Crippen LogP contribution in [0.2, 0.25) is 0 Å². The van der Waals surface area contributed by atoms with Crippen LogP contribution in [0.25, 0.3) is 0 Å². The average Bonchev–Trinajstić information content (AvgIpc) is 2.72. The number of rotatable bonds is 5. The van der Waals surface area contributed by atoms with E-state index in [0.29, 0.717) is 21.3 Å². The minimum absolute atomic E-state index is 0.0437. The highest BCUT2D eigenvalue weighted by molar-refractivity contribution is 9.10. The van der Waals surface area contributed by atoms with Crippen LogP contribution in [-0.2, 0) is 7.05 Å². The van der Waals surface area contributed by atoms with E-state index in [4.69, 9.17) is 0 Å². The first-order chi connectivity index (χ1) is 9.95. The first-order valence-electron chi connectivity index (χ1n) is 6.38. The largest absolute Gasteiger partial charge is 0.305 e. The SMILES string of the molecule is CCCNC(c1c(F)cc(Br)cc1F)c1c(Br)nnn1C. The normalized spacial score (nSPS) is 12.7. The molecule has 0 spiro atoms. The topological polar surface area (TPSA) is 42.7 Å². The van der Waals surface area contributed by atoms with E-state index in [-0.39, 0.29) is 5.56 Å². The average molecular weight is 424 g/mol. The van der Waals surface area contributed by atoms with Crippen LogP contribution in [0.1, 0.15) is 30.6 Å². The maximum atomic E-state index is 14.3. The van der Waals surface area contributed by atoms with Gasteiger partial charge in [-0.3, -0.25) is 0 Å². The molecule has 2 rings (SSSR count). The van der Waals surface area contributed by atoms with Gasteiger partial charge in [0.05, 0.1) is 11.7 Å². The molecule has 1 atom stereocenters. The van der Waals surface area contributed by atoms with Crippen molar-refractivity contribution in [1.29, 1.82) is 0 Å². The van der Waals surface area contributed by atoms with E-state index in [0.717, 1.165) is 6.42 Å². The summed E-state index contributed by atoms with van der Waals surface area (Å²) in [6, 6.07) is 1.82. The fourth-order valence-corrected chi connectivity index (χ4v) is 3.06. The first-order valence-corrected chi connectivity index (χ1v) is 7.97. The molecule has 8 heteroatoms. The van der Waals surface area contributed by atoms with Crippen molar-refractivity contribution in [3.63, 3.8) is 0 Å². The lowest BCUT2D eigenvalue weighted by Gasteiger charge is -2.20. The molecule has 1 aromatic heterocycles. The van der Waals surface area contributed by atoms with Gasteiger partial charge < -0.3 is 5.32 Å². The predicted molar refractivity (Wildman–Crippen MR) is 82.9 cm³/mol. The Balaban J connectivity index is 2.56. The Morgan fingerprint density at radius 2 is 1.90 bits per heavy atom. The van der Waals surface area contributed by atoms with Crippen molar-refractivity contribution in [3.8, 4) is 0 Å². The lowest BCUT2D eigenvalue weighted by Crippen LogP contribution is -2.27. The fraction of sp³-hybridized carbons (Fsp3) is 0.385. The van der Waals surface area contributed by atoms with Gasteiger partial charge in [0.1, 0.15) is 11.6 Å². The molecule has 2 aromatic rings. The standard InChI is InChI=1S/C13H14Br2F2N4/c1-3-4-18-11(12-13(15)19-20-21(12)2)10-8(16)5-7(14)6-9(10)17/h5-6,11,18H,3-4H2,1-2H3. The van der Waals surface area contributed by atoms with Crippen LogP contribution in [-0.4, -0.2) is 21.5 Å². The Morgan fingerprint density at radius 3 is 2.38 bits per heavy atom. The highest BCUT2D eigenvalue weighted by atomic mass is 79.9. The molecule has 114 valence electrons. The molecule has 1 aromatic carbocycles. The molecule has 0 bridgehead atoms. The number of benzene rings is 1. The summed E-state index contributed by atoms with van der Waals surface area (Å²) in [5.41, 5.74) is 0.529. The zero-order chi connectivity index (χ0) is 15.6. The van der Waals surface area contributed by atoms with Crippen LogP contribution in [0, 0.1) is 11.6 Å². The number of aromatic nitrogens is 3. The van der Waals surface area contributed by atoms with Gasteiger partial charge in [-0.15, -0.1) is 5.10 Å². The molecule has 4 nitrogen and oxygen atoms in total. The molecule has 0 radical (unpaired) electrons. The van der Waals surface area contributed by atoms with Crippen LogP contribution < -0.4 is 5.32 Å². The van der Waals surface area contributed by atoms with Crippen molar-refractivity contribution < 1.29 is 8.78 Å². The highest BCUT2D eigenvalue weighted by Gasteiger charge is 2.27. The van der Waals surface area contributed by atoms with Crippen LogP contribution in [0.15, 0.2) is 21.2 Å². The molecule has 0 fully saturated rings. The lowest BCUT2D eigenvalue weighted by atomic mass is 10.0. The molecule has 1 unspecified atom stereocenters. The maximum Gasteiger partial charge on any atom is 0.153 e. The third kappa shape index (κ3) is 3.49. The van der Waals surface area contributed by atoms with Gasteiger partial charge >= 0.3 is 0 Å². The van der Waals surface area contributed by atoms with Crippen molar-refractivity contribution in [2.45, 2.75) is 19.4 Å². The summed E-state index contributed by atoms with van der Waals surface area (Å²) < 4.78 is 30.9. The Kier molecular flexibility index (Phi) is 5.45. The summed E-state index contributed by atoms with van der Waals surface area (Å²) in [5, 5.41) is 10.9. The Labute approximate surface area is 138 Å². The van der Waals surface area contributed by atoms with E-state index in [1.165, 1.54) is 16.8 Å². The fourth-order valence-electron chi connectivity index (χ4n) is 2.10. The Hall–Kier alpha value is -0.860. The molecular formula is C13H14Br2F2N4. The minimum Gasteiger partial charge on any atom is -0.305 e. The third-order valence-electron chi connectivity index (χ3n) is 3.03. The van der Waals surface area contributed by atoms with Gasteiger partial charge in [-0.05, 0) is 41.0 Å². The molecule has 0 amide bonds. The number of nitrogens with zero attached hydrogens (tertiary/aromatic N) is 3. The van der Waals surface area contributed by atoms with Gasteiger partial charge in [0.2, 0.25) is 0 Å². The molecule has 1 N–H and O–H groups in total.